The van der Waals surface area contributed by atoms with Crippen LogP contribution in [0.1, 0.15) is 64.5 Å². The Hall–Kier alpha value is -1.31. The predicted molar refractivity (Wildman–Crippen MR) is 112 cm³/mol. The van der Waals surface area contributed by atoms with Crippen LogP contribution in [0.15, 0.2) is 48.5 Å². The van der Waals surface area contributed by atoms with Crippen molar-refractivity contribution >= 4 is 29.0 Å². The molecule has 0 saturated carbocycles. The second-order valence-electron chi connectivity index (χ2n) is 9.10. The molecule has 140 valence electrons. The second kappa shape index (κ2) is 7.74. The Labute approximate surface area is 167 Å². The third-order valence-electron chi connectivity index (χ3n) is 4.71. The summed E-state index contributed by atoms with van der Waals surface area (Å²) in [7, 11) is 0. The van der Waals surface area contributed by atoms with E-state index in [-0.39, 0.29) is 28.4 Å². The fraction of sp³-hybridized carbons (Fsp3) is 0.435. The number of ketones is 1. The van der Waals surface area contributed by atoms with Crippen LogP contribution in [0.25, 0.3) is 0 Å². The van der Waals surface area contributed by atoms with Crippen molar-refractivity contribution in [2.45, 2.75) is 53.4 Å². The first-order chi connectivity index (χ1) is 11.9. The molecule has 0 N–H and O–H groups in total. The van der Waals surface area contributed by atoms with Crippen LogP contribution in [-0.2, 0) is 4.79 Å². The Morgan fingerprint density at radius 1 is 0.654 bits per heavy atom. The van der Waals surface area contributed by atoms with E-state index in [9.17, 15) is 4.79 Å². The monoisotopic (exact) mass is 390 g/mol. The van der Waals surface area contributed by atoms with E-state index in [1.54, 1.807) is 0 Å². The maximum atomic E-state index is 13.8. The van der Waals surface area contributed by atoms with E-state index in [4.69, 9.17) is 23.2 Å². The first-order valence-electron chi connectivity index (χ1n) is 8.96. The van der Waals surface area contributed by atoms with Crippen molar-refractivity contribution in [3.05, 3.63) is 69.7 Å². The lowest BCUT2D eigenvalue weighted by Gasteiger charge is -2.38. The minimum absolute atomic E-state index is 0.208. The summed E-state index contributed by atoms with van der Waals surface area (Å²) in [5.74, 6) is -0.214. The molecule has 3 heteroatoms. The smallest absolute Gasteiger partial charge is 0.148 e. The molecule has 2 atom stereocenters. The number of hydrogen-bond donors (Lipinski definition) is 0. The van der Waals surface area contributed by atoms with E-state index in [1.807, 2.05) is 48.5 Å². The SMILES string of the molecule is CC(C)(C)C(C(=O)C(c1ccc(Cl)cc1)C(C)(C)C)c1ccc(Cl)cc1. The van der Waals surface area contributed by atoms with Gasteiger partial charge >= 0.3 is 0 Å². The number of rotatable bonds is 4. The lowest BCUT2D eigenvalue weighted by molar-refractivity contribution is -0.126. The highest BCUT2D eigenvalue weighted by atomic mass is 35.5. The Balaban J connectivity index is 2.55. The summed E-state index contributed by atoms with van der Waals surface area (Å²) >= 11 is 12.1. The molecule has 0 bridgehead atoms. The quantitative estimate of drug-likeness (QED) is 0.527. The third-order valence-corrected chi connectivity index (χ3v) is 5.21. The molecule has 0 radical (unpaired) electrons. The van der Waals surface area contributed by atoms with Crippen LogP contribution in [0.5, 0.6) is 0 Å². The largest absolute Gasteiger partial charge is 0.298 e. The normalized spacial score (nSPS) is 14.8. The number of hydrogen-bond acceptors (Lipinski definition) is 1. The molecule has 2 aromatic carbocycles. The number of halogens is 2. The summed E-state index contributed by atoms with van der Waals surface area (Å²) in [6, 6.07) is 15.3. The molecule has 0 heterocycles. The van der Waals surface area contributed by atoms with E-state index in [2.05, 4.69) is 41.5 Å². The molecule has 0 spiro atoms. The van der Waals surface area contributed by atoms with E-state index in [1.165, 1.54) is 0 Å². The highest BCUT2D eigenvalue weighted by molar-refractivity contribution is 6.30. The topological polar surface area (TPSA) is 17.1 Å². The van der Waals surface area contributed by atoms with Gasteiger partial charge in [0.2, 0.25) is 0 Å². The van der Waals surface area contributed by atoms with Crippen LogP contribution in [-0.4, -0.2) is 5.78 Å². The van der Waals surface area contributed by atoms with E-state index >= 15 is 0 Å². The molecule has 0 saturated heterocycles. The van der Waals surface area contributed by atoms with Crippen LogP contribution < -0.4 is 0 Å². The minimum atomic E-state index is -0.223. The molecule has 0 aliphatic carbocycles. The molecule has 26 heavy (non-hydrogen) atoms. The predicted octanol–water partition coefficient (Wildman–Crippen LogP) is 7.52. The maximum Gasteiger partial charge on any atom is 0.148 e. The highest BCUT2D eigenvalue weighted by Crippen LogP contribution is 2.45. The molecule has 2 rings (SSSR count). The lowest BCUT2D eigenvalue weighted by Crippen LogP contribution is -2.36. The summed E-state index contributed by atoms with van der Waals surface area (Å²) in [6.07, 6.45) is 0. The summed E-state index contributed by atoms with van der Waals surface area (Å²) in [5.41, 5.74) is 1.60. The molecule has 0 aliphatic rings. The van der Waals surface area contributed by atoms with Gasteiger partial charge in [-0.25, -0.2) is 0 Å². The van der Waals surface area contributed by atoms with Crippen LogP contribution in [0.3, 0.4) is 0 Å². The van der Waals surface area contributed by atoms with Crippen molar-refractivity contribution < 1.29 is 4.79 Å². The number of carbonyl (C=O) groups excluding carboxylic acids is 1. The zero-order chi connectivity index (χ0) is 19.7. The molecule has 0 fully saturated rings. The van der Waals surface area contributed by atoms with Crippen LogP contribution in [0.4, 0.5) is 0 Å². The van der Waals surface area contributed by atoms with Crippen LogP contribution in [0.2, 0.25) is 10.0 Å². The average Bonchev–Trinajstić information content (AvgIpc) is 2.49. The molecule has 0 aliphatic heterocycles. The van der Waals surface area contributed by atoms with Crippen molar-refractivity contribution in [1.29, 1.82) is 0 Å². The summed E-state index contributed by atoms with van der Waals surface area (Å²) in [5, 5.41) is 1.36. The standard InChI is InChI=1S/C23H28Cl2O/c1-22(2,3)19(15-7-11-17(24)12-8-15)21(26)20(23(4,5)6)16-9-13-18(25)14-10-16/h7-14,19-20H,1-6H3. The first kappa shape index (κ1) is 21.0. The zero-order valence-electron chi connectivity index (χ0n) is 16.4. The molecular formula is C23H28Cl2O. The molecule has 0 aromatic heterocycles. The van der Waals surface area contributed by atoms with Crippen molar-refractivity contribution in [3.8, 4) is 0 Å². The summed E-state index contributed by atoms with van der Waals surface area (Å²) in [4.78, 5) is 13.8. The second-order valence-corrected chi connectivity index (χ2v) is 9.98. The summed E-state index contributed by atoms with van der Waals surface area (Å²) in [6.45, 7) is 12.7. The Morgan fingerprint density at radius 3 is 1.15 bits per heavy atom. The van der Waals surface area contributed by atoms with Gasteiger partial charge in [0, 0.05) is 21.9 Å². The van der Waals surface area contributed by atoms with Crippen LogP contribution in [0, 0.1) is 10.8 Å². The van der Waals surface area contributed by atoms with Gasteiger partial charge in [0.15, 0.2) is 0 Å². The van der Waals surface area contributed by atoms with Gasteiger partial charge < -0.3 is 0 Å². The number of carbonyl (C=O) groups is 1. The van der Waals surface area contributed by atoms with E-state index < -0.39 is 0 Å². The van der Waals surface area contributed by atoms with Crippen molar-refractivity contribution in [3.63, 3.8) is 0 Å². The van der Waals surface area contributed by atoms with Gasteiger partial charge in [-0.05, 0) is 46.2 Å². The molecule has 0 amide bonds. The Morgan fingerprint density at radius 2 is 0.923 bits per heavy atom. The number of benzene rings is 2. The van der Waals surface area contributed by atoms with Crippen LogP contribution >= 0.6 is 23.2 Å². The molecule has 2 unspecified atom stereocenters. The first-order valence-corrected chi connectivity index (χ1v) is 9.71. The maximum absolute atomic E-state index is 13.8. The van der Waals surface area contributed by atoms with Gasteiger partial charge in [0.25, 0.3) is 0 Å². The zero-order valence-corrected chi connectivity index (χ0v) is 17.9. The molecule has 1 nitrogen and oxygen atoms in total. The Kier molecular flexibility index (Phi) is 6.25. The van der Waals surface area contributed by atoms with Gasteiger partial charge in [0.05, 0.1) is 0 Å². The van der Waals surface area contributed by atoms with E-state index in [0.717, 1.165) is 11.1 Å². The minimum Gasteiger partial charge on any atom is -0.298 e. The van der Waals surface area contributed by atoms with E-state index in [0.29, 0.717) is 10.0 Å². The van der Waals surface area contributed by atoms with Crippen molar-refractivity contribution in [1.82, 2.24) is 0 Å². The average molecular weight is 391 g/mol. The molecular weight excluding hydrogens is 363 g/mol. The van der Waals surface area contributed by atoms with Gasteiger partial charge in [-0.2, -0.15) is 0 Å². The highest BCUT2D eigenvalue weighted by Gasteiger charge is 2.41. The van der Waals surface area contributed by atoms with Gasteiger partial charge in [0.1, 0.15) is 5.78 Å². The summed E-state index contributed by atoms with van der Waals surface area (Å²) < 4.78 is 0. The van der Waals surface area contributed by atoms with Gasteiger partial charge in [-0.1, -0.05) is 89.0 Å². The number of Topliss-reactive ketones (excluding diaryl/α,β-unsaturated/α-hetero) is 1. The fourth-order valence-corrected chi connectivity index (χ4v) is 3.91. The Bertz CT molecular complexity index is 681. The van der Waals surface area contributed by atoms with Gasteiger partial charge in [-0.15, -0.1) is 0 Å². The van der Waals surface area contributed by atoms with Crippen molar-refractivity contribution in [2.75, 3.05) is 0 Å². The lowest BCUT2D eigenvalue weighted by atomic mass is 9.64. The molecule has 2 aromatic rings. The van der Waals surface area contributed by atoms with Gasteiger partial charge in [-0.3, -0.25) is 4.79 Å². The third kappa shape index (κ3) is 4.90. The van der Waals surface area contributed by atoms with Crippen molar-refractivity contribution in [2.24, 2.45) is 10.8 Å². The fourth-order valence-electron chi connectivity index (χ4n) is 3.66.